The highest BCUT2D eigenvalue weighted by atomic mass is 16.4. The third kappa shape index (κ3) is 4.53. The van der Waals surface area contributed by atoms with Gasteiger partial charge in [0.15, 0.2) is 0 Å². The fourth-order valence-electron chi connectivity index (χ4n) is 2.45. The first kappa shape index (κ1) is 20.2. The van der Waals surface area contributed by atoms with Crippen molar-refractivity contribution in [2.45, 2.75) is 26.2 Å². The number of carbonyl (C=O) groups excluding carboxylic acids is 2. The number of anilines is 1. The predicted octanol–water partition coefficient (Wildman–Crippen LogP) is 3.39. The lowest BCUT2D eigenvalue weighted by atomic mass is 9.85. The largest absolute Gasteiger partial charge is 0.481 e. The number of nitrogens with zero attached hydrogens (tertiary/aromatic N) is 1. The van der Waals surface area contributed by atoms with E-state index in [4.69, 9.17) is 0 Å². The van der Waals surface area contributed by atoms with Crippen LogP contribution in [-0.2, 0) is 10.2 Å². The summed E-state index contributed by atoms with van der Waals surface area (Å²) >= 11 is 0. The third-order valence-corrected chi connectivity index (χ3v) is 4.59. The fourth-order valence-corrected chi connectivity index (χ4v) is 2.45. The van der Waals surface area contributed by atoms with Crippen molar-refractivity contribution in [2.24, 2.45) is 0 Å². The van der Waals surface area contributed by atoms with Crippen LogP contribution in [0.25, 0.3) is 0 Å². The van der Waals surface area contributed by atoms with Crippen molar-refractivity contribution in [1.29, 1.82) is 0 Å². The summed E-state index contributed by atoms with van der Waals surface area (Å²) in [6, 6.07) is 13.2. The average molecular weight is 368 g/mol. The first-order chi connectivity index (χ1) is 12.7. The first-order valence-corrected chi connectivity index (χ1v) is 8.67. The molecule has 0 saturated heterocycles. The van der Waals surface area contributed by atoms with E-state index in [2.05, 4.69) is 5.32 Å². The van der Waals surface area contributed by atoms with Crippen molar-refractivity contribution in [2.75, 3.05) is 18.9 Å². The molecule has 0 fully saturated rings. The van der Waals surface area contributed by atoms with Crippen LogP contribution in [0.5, 0.6) is 0 Å². The van der Waals surface area contributed by atoms with Crippen LogP contribution in [-0.4, -0.2) is 41.4 Å². The molecule has 0 aliphatic carbocycles. The molecule has 2 aromatic carbocycles. The standard InChI is InChI=1S/C21H24N2O4/c1-5-23(4)19(25)15-8-6-7-14(13-15)18(24)22-17-11-9-16(10-12-17)21(2,3)20(26)27/h6-13H,5H2,1-4H3,(H,22,24)(H,26,27). The molecule has 0 unspecified atom stereocenters. The number of aliphatic carboxylic acids is 1. The minimum atomic E-state index is -1.01. The van der Waals surface area contributed by atoms with Gasteiger partial charge >= 0.3 is 5.97 Å². The summed E-state index contributed by atoms with van der Waals surface area (Å²) in [5, 5.41) is 12.0. The number of carboxylic acid groups (broad SMARTS) is 1. The van der Waals surface area contributed by atoms with Crippen LogP contribution in [0.1, 0.15) is 47.1 Å². The Morgan fingerprint density at radius 3 is 2.19 bits per heavy atom. The van der Waals surface area contributed by atoms with Gasteiger partial charge in [-0.05, 0) is 56.7 Å². The van der Waals surface area contributed by atoms with Gasteiger partial charge in [0, 0.05) is 30.4 Å². The van der Waals surface area contributed by atoms with Gasteiger partial charge in [-0.1, -0.05) is 18.2 Å². The van der Waals surface area contributed by atoms with E-state index < -0.39 is 11.4 Å². The monoisotopic (exact) mass is 368 g/mol. The van der Waals surface area contributed by atoms with Gasteiger partial charge < -0.3 is 15.3 Å². The van der Waals surface area contributed by atoms with Gasteiger partial charge in [-0.25, -0.2) is 0 Å². The lowest BCUT2D eigenvalue weighted by molar-refractivity contribution is -0.142. The second kappa shape index (κ2) is 8.03. The van der Waals surface area contributed by atoms with Crippen LogP contribution in [0, 0.1) is 0 Å². The highest BCUT2D eigenvalue weighted by Crippen LogP contribution is 2.25. The normalized spacial score (nSPS) is 11.0. The van der Waals surface area contributed by atoms with E-state index in [1.54, 1.807) is 74.3 Å². The zero-order valence-corrected chi connectivity index (χ0v) is 15.9. The van der Waals surface area contributed by atoms with E-state index in [1.165, 1.54) is 0 Å². The Labute approximate surface area is 158 Å². The number of benzene rings is 2. The van der Waals surface area contributed by atoms with Gasteiger partial charge in [0.1, 0.15) is 0 Å². The van der Waals surface area contributed by atoms with E-state index in [0.717, 1.165) is 0 Å². The zero-order chi connectivity index (χ0) is 20.2. The third-order valence-electron chi connectivity index (χ3n) is 4.59. The Kier molecular flexibility index (Phi) is 6.00. The maximum Gasteiger partial charge on any atom is 0.313 e. The smallest absolute Gasteiger partial charge is 0.313 e. The minimum absolute atomic E-state index is 0.146. The van der Waals surface area contributed by atoms with Crippen LogP contribution in [0.4, 0.5) is 5.69 Å². The molecule has 6 nitrogen and oxygen atoms in total. The summed E-state index contributed by atoms with van der Waals surface area (Å²) in [4.78, 5) is 37.6. The van der Waals surface area contributed by atoms with E-state index in [0.29, 0.717) is 28.9 Å². The molecule has 2 rings (SSSR count). The topological polar surface area (TPSA) is 86.7 Å². The molecule has 2 aromatic rings. The van der Waals surface area contributed by atoms with Crippen molar-refractivity contribution in [3.63, 3.8) is 0 Å². The molecule has 0 aliphatic heterocycles. The van der Waals surface area contributed by atoms with Crippen molar-refractivity contribution < 1.29 is 19.5 Å². The highest BCUT2D eigenvalue weighted by Gasteiger charge is 2.29. The number of rotatable bonds is 6. The summed E-state index contributed by atoms with van der Waals surface area (Å²) in [6.07, 6.45) is 0. The Bertz CT molecular complexity index is 857. The van der Waals surface area contributed by atoms with Gasteiger partial charge in [-0.15, -0.1) is 0 Å². The van der Waals surface area contributed by atoms with Crippen molar-refractivity contribution >= 4 is 23.5 Å². The molecule has 6 heteroatoms. The van der Waals surface area contributed by atoms with Gasteiger partial charge in [0.2, 0.25) is 0 Å². The second-order valence-electron chi connectivity index (χ2n) is 6.86. The molecule has 0 aromatic heterocycles. The summed E-state index contributed by atoms with van der Waals surface area (Å²) in [6.45, 7) is 5.70. The Balaban J connectivity index is 2.16. The fraction of sp³-hybridized carbons (Fsp3) is 0.286. The molecule has 0 atom stereocenters. The molecular weight excluding hydrogens is 344 g/mol. The van der Waals surface area contributed by atoms with E-state index >= 15 is 0 Å². The molecule has 0 heterocycles. The van der Waals surface area contributed by atoms with Crippen LogP contribution in [0.15, 0.2) is 48.5 Å². The van der Waals surface area contributed by atoms with Crippen LogP contribution in [0.3, 0.4) is 0 Å². The van der Waals surface area contributed by atoms with Crippen molar-refractivity contribution in [1.82, 2.24) is 4.90 Å². The van der Waals surface area contributed by atoms with Crippen LogP contribution in [0.2, 0.25) is 0 Å². The van der Waals surface area contributed by atoms with E-state index in [-0.39, 0.29) is 11.8 Å². The molecule has 27 heavy (non-hydrogen) atoms. The summed E-state index contributed by atoms with van der Waals surface area (Å²) in [5.74, 6) is -1.40. The van der Waals surface area contributed by atoms with Gasteiger partial charge in [0.05, 0.1) is 5.41 Å². The Morgan fingerprint density at radius 1 is 1.04 bits per heavy atom. The number of carboxylic acids is 1. The van der Waals surface area contributed by atoms with Crippen molar-refractivity contribution in [3.8, 4) is 0 Å². The number of hydrogen-bond donors (Lipinski definition) is 2. The molecule has 0 spiro atoms. The minimum Gasteiger partial charge on any atom is -0.481 e. The summed E-state index contributed by atoms with van der Waals surface area (Å²) < 4.78 is 0. The molecule has 2 N–H and O–H groups in total. The lowest BCUT2D eigenvalue weighted by Gasteiger charge is -2.20. The molecular formula is C21H24N2O4. The molecule has 0 bridgehead atoms. The number of amides is 2. The predicted molar refractivity (Wildman–Crippen MR) is 104 cm³/mol. The molecule has 0 aliphatic rings. The highest BCUT2D eigenvalue weighted by molar-refractivity contribution is 6.06. The molecule has 0 radical (unpaired) electrons. The lowest BCUT2D eigenvalue weighted by Crippen LogP contribution is -2.28. The summed E-state index contributed by atoms with van der Waals surface area (Å²) in [7, 11) is 1.70. The van der Waals surface area contributed by atoms with Crippen molar-refractivity contribution in [3.05, 3.63) is 65.2 Å². The Morgan fingerprint density at radius 2 is 1.63 bits per heavy atom. The zero-order valence-electron chi connectivity index (χ0n) is 15.9. The maximum atomic E-state index is 12.5. The van der Waals surface area contributed by atoms with Crippen LogP contribution < -0.4 is 5.32 Å². The number of carbonyl (C=O) groups is 3. The number of hydrogen-bond acceptors (Lipinski definition) is 3. The molecule has 142 valence electrons. The SMILES string of the molecule is CCN(C)C(=O)c1cccc(C(=O)Nc2ccc(C(C)(C)C(=O)O)cc2)c1. The van der Waals surface area contributed by atoms with E-state index in [1.807, 2.05) is 6.92 Å². The van der Waals surface area contributed by atoms with Gasteiger partial charge in [-0.3, -0.25) is 14.4 Å². The maximum absolute atomic E-state index is 12.5. The second-order valence-corrected chi connectivity index (χ2v) is 6.86. The Hall–Kier alpha value is -3.15. The summed E-state index contributed by atoms with van der Waals surface area (Å²) in [5.41, 5.74) is 1.00. The van der Waals surface area contributed by atoms with Crippen LogP contribution >= 0.6 is 0 Å². The van der Waals surface area contributed by atoms with E-state index in [9.17, 15) is 19.5 Å². The van der Waals surface area contributed by atoms with Gasteiger partial charge in [0.25, 0.3) is 11.8 Å². The average Bonchev–Trinajstić information content (AvgIpc) is 2.67. The van der Waals surface area contributed by atoms with Gasteiger partial charge in [-0.2, -0.15) is 0 Å². The molecule has 0 saturated carbocycles. The molecule has 2 amide bonds. The quantitative estimate of drug-likeness (QED) is 0.818. The first-order valence-electron chi connectivity index (χ1n) is 8.67. The number of nitrogens with one attached hydrogen (secondary N) is 1.